The Labute approximate surface area is 155 Å². The summed E-state index contributed by atoms with van der Waals surface area (Å²) in [5, 5.41) is 2.74. The lowest BCUT2D eigenvalue weighted by Crippen LogP contribution is -2.26. The number of aromatic nitrogens is 1. The highest BCUT2D eigenvalue weighted by Crippen LogP contribution is 2.23. The molecular weight excluding hydrogens is 348 g/mol. The Morgan fingerprint density at radius 1 is 1.11 bits per heavy atom. The van der Waals surface area contributed by atoms with Crippen molar-refractivity contribution in [3.05, 3.63) is 64.6 Å². The summed E-state index contributed by atoms with van der Waals surface area (Å²) in [6, 6.07) is 14.2. The Kier molecular flexibility index (Phi) is 5.40. The Morgan fingerprint density at radius 2 is 1.81 bits per heavy atom. The number of benzene rings is 2. The van der Waals surface area contributed by atoms with E-state index in [1.807, 2.05) is 32.0 Å². The molecule has 7 heteroatoms. The maximum Gasteiger partial charge on any atom is 0.420 e. The van der Waals surface area contributed by atoms with Crippen LogP contribution < -0.4 is 11.1 Å². The fourth-order valence-corrected chi connectivity index (χ4v) is 2.79. The molecule has 27 heavy (non-hydrogen) atoms. The second-order valence-electron chi connectivity index (χ2n) is 6.37. The molecule has 140 valence electrons. The van der Waals surface area contributed by atoms with Gasteiger partial charge in [-0.15, -0.1) is 0 Å². The van der Waals surface area contributed by atoms with Crippen LogP contribution in [0.2, 0.25) is 0 Å². The third-order valence-electron chi connectivity index (χ3n) is 4.08. The Morgan fingerprint density at radius 3 is 2.59 bits per heavy atom. The molecule has 0 aliphatic rings. The maximum atomic E-state index is 12.1. The van der Waals surface area contributed by atoms with Gasteiger partial charge in [-0.1, -0.05) is 44.2 Å². The predicted octanol–water partition coefficient (Wildman–Crippen LogP) is 2.90. The minimum absolute atomic E-state index is 0.241. The quantitative estimate of drug-likeness (QED) is 0.676. The number of fused-ring (bicyclic) bond motifs is 1. The first-order valence-corrected chi connectivity index (χ1v) is 8.58. The fraction of sp³-hybridized carbons (Fsp3) is 0.250. The van der Waals surface area contributed by atoms with E-state index < -0.39 is 24.2 Å². The molecule has 0 radical (unpaired) electrons. The second-order valence-corrected chi connectivity index (χ2v) is 6.37. The van der Waals surface area contributed by atoms with Gasteiger partial charge in [0.2, 0.25) is 0 Å². The van der Waals surface area contributed by atoms with Crippen molar-refractivity contribution in [1.82, 2.24) is 4.57 Å². The molecule has 0 aliphatic heterocycles. The zero-order valence-corrected chi connectivity index (χ0v) is 15.1. The van der Waals surface area contributed by atoms with Crippen LogP contribution in [-0.2, 0) is 20.9 Å². The highest BCUT2D eigenvalue weighted by molar-refractivity contribution is 5.93. The standard InChI is InChI=1S/C20H20N2O5/c1-13(2)14-7-3-4-8-15(14)21-18(23)12-26-19(24)11-22-16-9-5-6-10-17(16)27-20(22)25/h3-10,13H,11-12H2,1-2H3,(H,21,23). The van der Waals surface area contributed by atoms with Crippen molar-refractivity contribution in [3.63, 3.8) is 0 Å². The zero-order chi connectivity index (χ0) is 19.4. The summed E-state index contributed by atoms with van der Waals surface area (Å²) >= 11 is 0. The molecule has 1 heterocycles. The topological polar surface area (TPSA) is 90.5 Å². The molecule has 0 atom stereocenters. The van der Waals surface area contributed by atoms with Gasteiger partial charge in [-0.3, -0.25) is 14.2 Å². The van der Waals surface area contributed by atoms with E-state index in [4.69, 9.17) is 9.15 Å². The molecular formula is C20H20N2O5. The Hall–Kier alpha value is -3.35. The van der Waals surface area contributed by atoms with Crippen LogP contribution in [0.15, 0.2) is 57.7 Å². The van der Waals surface area contributed by atoms with Gasteiger partial charge in [0.25, 0.3) is 5.91 Å². The van der Waals surface area contributed by atoms with Gasteiger partial charge < -0.3 is 14.5 Å². The molecule has 0 unspecified atom stereocenters. The molecule has 0 aliphatic carbocycles. The molecule has 0 saturated carbocycles. The van der Waals surface area contributed by atoms with Crippen LogP contribution in [0.3, 0.4) is 0 Å². The van der Waals surface area contributed by atoms with Gasteiger partial charge in [0.15, 0.2) is 12.2 Å². The first kappa shape index (κ1) is 18.4. The first-order valence-electron chi connectivity index (χ1n) is 8.58. The molecule has 0 fully saturated rings. The van der Waals surface area contributed by atoms with Crippen LogP contribution in [0.25, 0.3) is 11.1 Å². The van der Waals surface area contributed by atoms with Crippen LogP contribution in [0.5, 0.6) is 0 Å². The maximum absolute atomic E-state index is 12.1. The van der Waals surface area contributed by atoms with Crippen LogP contribution in [0.1, 0.15) is 25.3 Å². The zero-order valence-electron chi connectivity index (χ0n) is 15.1. The van der Waals surface area contributed by atoms with E-state index in [0.717, 1.165) is 5.56 Å². The lowest BCUT2D eigenvalue weighted by Gasteiger charge is -2.13. The number of amides is 1. The van der Waals surface area contributed by atoms with Crippen molar-refractivity contribution >= 4 is 28.7 Å². The van der Waals surface area contributed by atoms with Crippen molar-refractivity contribution in [2.45, 2.75) is 26.3 Å². The van der Waals surface area contributed by atoms with E-state index >= 15 is 0 Å². The molecule has 0 saturated heterocycles. The van der Waals surface area contributed by atoms with Crippen LogP contribution in [0.4, 0.5) is 5.69 Å². The minimum atomic E-state index is -0.698. The molecule has 3 rings (SSSR count). The number of nitrogens with one attached hydrogen (secondary N) is 1. The number of rotatable bonds is 6. The van der Waals surface area contributed by atoms with Gasteiger partial charge in [-0.05, 0) is 29.7 Å². The largest absolute Gasteiger partial charge is 0.454 e. The molecule has 7 nitrogen and oxygen atoms in total. The molecule has 0 bridgehead atoms. The number of esters is 1. The molecule has 2 aromatic carbocycles. The van der Waals surface area contributed by atoms with Crippen LogP contribution >= 0.6 is 0 Å². The summed E-state index contributed by atoms with van der Waals surface area (Å²) in [6.45, 7) is 3.29. The van der Waals surface area contributed by atoms with Crippen molar-refractivity contribution in [1.29, 1.82) is 0 Å². The second kappa shape index (κ2) is 7.90. The van der Waals surface area contributed by atoms with E-state index in [1.54, 1.807) is 30.3 Å². The van der Waals surface area contributed by atoms with Crippen LogP contribution in [-0.4, -0.2) is 23.1 Å². The molecule has 1 N–H and O–H groups in total. The number of carbonyl (C=O) groups is 2. The van der Waals surface area contributed by atoms with E-state index in [1.165, 1.54) is 4.57 Å². The smallest absolute Gasteiger partial charge is 0.420 e. The van der Waals surface area contributed by atoms with Crippen molar-refractivity contribution in [3.8, 4) is 0 Å². The van der Waals surface area contributed by atoms with Crippen molar-refractivity contribution in [2.24, 2.45) is 0 Å². The number of ether oxygens (including phenoxy) is 1. The number of nitrogens with zero attached hydrogens (tertiary/aromatic N) is 1. The van der Waals surface area contributed by atoms with E-state index in [2.05, 4.69) is 5.32 Å². The van der Waals surface area contributed by atoms with Crippen molar-refractivity contribution in [2.75, 3.05) is 11.9 Å². The average Bonchev–Trinajstić information content (AvgIpc) is 2.96. The first-order chi connectivity index (χ1) is 13.0. The average molecular weight is 368 g/mol. The molecule has 3 aromatic rings. The number of anilines is 1. The van der Waals surface area contributed by atoms with Gasteiger partial charge in [0.1, 0.15) is 6.54 Å². The summed E-state index contributed by atoms with van der Waals surface area (Å²) in [4.78, 5) is 36.0. The molecule has 1 aromatic heterocycles. The van der Waals surface area contributed by atoms with E-state index in [-0.39, 0.29) is 12.5 Å². The number of hydrogen-bond donors (Lipinski definition) is 1. The number of oxazole rings is 1. The number of para-hydroxylation sites is 3. The number of hydrogen-bond acceptors (Lipinski definition) is 5. The minimum Gasteiger partial charge on any atom is -0.454 e. The summed E-state index contributed by atoms with van der Waals surface area (Å²) in [5.74, 6) is -1.55. The summed E-state index contributed by atoms with van der Waals surface area (Å²) in [5.41, 5.74) is 2.56. The Bertz CT molecular complexity index is 1030. The van der Waals surface area contributed by atoms with E-state index in [9.17, 15) is 14.4 Å². The summed E-state index contributed by atoms with van der Waals surface area (Å²) in [7, 11) is 0. The monoisotopic (exact) mass is 368 g/mol. The van der Waals surface area contributed by atoms with Gasteiger partial charge >= 0.3 is 11.7 Å². The lowest BCUT2D eigenvalue weighted by molar-refractivity contribution is -0.147. The SMILES string of the molecule is CC(C)c1ccccc1NC(=O)COC(=O)Cn1c(=O)oc2ccccc21. The van der Waals surface area contributed by atoms with Crippen LogP contribution in [0, 0.1) is 0 Å². The number of carbonyl (C=O) groups excluding carboxylic acids is 2. The predicted molar refractivity (Wildman–Crippen MR) is 101 cm³/mol. The summed E-state index contributed by atoms with van der Waals surface area (Å²) in [6.07, 6.45) is 0. The van der Waals surface area contributed by atoms with Crippen molar-refractivity contribution < 1.29 is 18.7 Å². The highest BCUT2D eigenvalue weighted by atomic mass is 16.5. The fourth-order valence-electron chi connectivity index (χ4n) is 2.79. The highest BCUT2D eigenvalue weighted by Gasteiger charge is 2.15. The normalized spacial score (nSPS) is 10.9. The summed E-state index contributed by atoms with van der Waals surface area (Å²) < 4.78 is 11.2. The third-order valence-corrected chi connectivity index (χ3v) is 4.08. The van der Waals surface area contributed by atoms with Gasteiger partial charge in [-0.2, -0.15) is 0 Å². The van der Waals surface area contributed by atoms with E-state index in [0.29, 0.717) is 16.8 Å². The van der Waals surface area contributed by atoms with Gasteiger partial charge in [0.05, 0.1) is 5.52 Å². The molecule has 0 spiro atoms. The van der Waals surface area contributed by atoms with Gasteiger partial charge in [0, 0.05) is 5.69 Å². The molecule has 1 amide bonds. The third kappa shape index (κ3) is 4.25. The Balaban J connectivity index is 1.60. The van der Waals surface area contributed by atoms with Gasteiger partial charge in [-0.25, -0.2) is 4.79 Å². The lowest BCUT2D eigenvalue weighted by atomic mass is 10.0.